The third kappa shape index (κ3) is 8.48. The lowest BCUT2D eigenvalue weighted by molar-refractivity contribution is 0.336. The Bertz CT molecular complexity index is 933. The summed E-state index contributed by atoms with van der Waals surface area (Å²) < 4.78 is 31.3. The zero-order valence-corrected chi connectivity index (χ0v) is 20.3. The van der Waals surface area contributed by atoms with E-state index >= 15 is 0 Å². The van der Waals surface area contributed by atoms with Gasteiger partial charge in [0.25, 0.3) is 0 Å². The summed E-state index contributed by atoms with van der Waals surface area (Å²) in [6, 6.07) is 13.3. The molecule has 0 bridgehead atoms. The van der Waals surface area contributed by atoms with Crippen LogP contribution in [0.15, 0.2) is 47.5 Å². The number of nitrogens with zero attached hydrogens (tertiary/aromatic N) is 1. The normalized spacial score (nSPS) is 11.4. The number of hydrogen-bond donors (Lipinski definition) is 3. The second-order valence-electron chi connectivity index (χ2n) is 6.35. The van der Waals surface area contributed by atoms with Crippen LogP contribution in [0.2, 0.25) is 0 Å². The highest BCUT2D eigenvalue weighted by Gasteiger charge is 2.09. The predicted molar refractivity (Wildman–Crippen MR) is 130 cm³/mol. The topological polar surface area (TPSA) is 91.8 Å². The van der Waals surface area contributed by atoms with Crippen molar-refractivity contribution in [2.75, 3.05) is 24.6 Å². The van der Waals surface area contributed by atoms with Gasteiger partial charge in [-0.15, -0.1) is 24.0 Å². The minimum atomic E-state index is -3.34. The van der Waals surface area contributed by atoms with Gasteiger partial charge in [0.15, 0.2) is 5.96 Å². The minimum Gasteiger partial charge on any atom is -0.494 e. The summed E-state index contributed by atoms with van der Waals surface area (Å²) in [5.41, 5.74) is 3.55. The highest BCUT2D eigenvalue weighted by molar-refractivity contribution is 14.0. The van der Waals surface area contributed by atoms with E-state index in [4.69, 9.17) is 4.74 Å². The molecule has 0 saturated carbocycles. The third-order valence-corrected chi connectivity index (χ3v) is 4.54. The Morgan fingerprint density at radius 1 is 1.07 bits per heavy atom. The molecule has 29 heavy (non-hydrogen) atoms. The molecule has 7 nitrogen and oxygen atoms in total. The molecular weight excluding hydrogens is 503 g/mol. The first-order valence-electron chi connectivity index (χ1n) is 9.05. The van der Waals surface area contributed by atoms with Crippen molar-refractivity contribution in [3.63, 3.8) is 0 Å². The average Bonchev–Trinajstić information content (AvgIpc) is 2.63. The Morgan fingerprint density at radius 3 is 2.34 bits per heavy atom. The highest BCUT2D eigenvalue weighted by atomic mass is 127. The third-order valence-electron chi connectivity index (χ3n) is 3.95. The number of rotatable bonds is 8. The zero-order valence-electron chi connectivity index (χ0n) is 17.2. The summed E-state index contributed by atoms with van der Waals surface area (Å²) in [5, 5.41) is 6.47. The van der Waals surface area contributed by atoms with Crippen LogP contribution in [0.3, 0.4) is 0 Å². The van der Waals surface area contributed by atoms with Crippen molar-refractivity contribution in [2.45, 2.75) is 26.9 Å². The number of sulfonamides is 1. The van der Waals surface area contributed by atoms with E-state index < -0.39 is 10.0 Å². The second-order valence-corrected chi connectivity index (χ2v) is 8.10. The van der Waals surface area contributed by atoms with Gasteiger partial charge in [-0.1, -0.05) is 30.3 Å². The van der Waals surface area contributed by atoms with Crippen LogP contribution in [0.1, 0.15) is 23.6 Å². The first-order valence-corrected chi connectivity index (χ1v) is 10.9. The fraction of sp³-hybridized carbons (Fsp3) is 0.350. The van der Waals surface area contributed by atoms with Crippen molar-refractivity contribution in [3.05, 3.63) is 59.2 Å². The first kappa shape index (κ1) is 25.0. The summed E-state index contributed by atoms with van der Waals surface area (Å²) in [6.07, 6.45) is 1.13. The number of halogens is 1. The molecule has 0 heterocycles. The van der Waals surface area contributed by atoms with Crippen LogP contribution in [0.25, 0.3) is 0 Å². The Hall–Kier alpha value is -2.01. The van der Waals surface area contributed by atoms with E-state index in [2.05, 4.69) is 20.3 Å². The van der Waals surface area contributed by atoms with Gasteiger partial charge in [-0.25, -0.2) is 8.42 Å². The smallest absolute Gasteiger partial charge is 0.229 e. The molecule has 0 aliphatic carbocycles. The van der Waals surface area contributed by atoms with Gasteiger partial charge in [0.1, 0.15) is 5.75 Å². The second kappa shape index (κ2) is 11.9. The maximum Gasteiger partial charge on any atom is 0.229 e. The van der Waals surface area contributed by atoms with Gasteiger partial charge in [-0.2, -0.15) is 0 Å². The molecule has 0 fully saturated rings. The number of aryl methyl sites for hydroxylation is 1. The first-order chi connectivity index (χ1) is 13.3. The number of aliphatic imine (C=N–C) groups is 1. The summed E-state index contributed by atoms with van der Waals surface area (Å²) in [4.78, 5) is 4.23. The maximum atomic E-state index is 11.5. The molecule has 0 saturated heterocycles. The molecule has 0 spiro atoms. The Labute approximate surface area is 190 Å². The molecule has 0 radical (unpaired) electrons. The zero-order chi connectivity index (χ0) is 20.6. The molecule has 2 rings (SSSR count). The van der Waals surface area contributed by atoms with Crippen molar-refractivity contribution in [2.24, 2.45) is 4.99 Å². The molecule has 3 N–H and O–H groups in total. The minimum absolute atomic E-state index is 0. The quantitative estimate of drug-likeness (QED) is 0.276. The van der Waals surface area contributed by atoms with Crippen molar-refractivity contribution < 1.29 is 13.2 Å². The van der Waals surface area contributed by atoms with Gasteiger partial charge >= 0.3 is 0 Å². The van der Waals surface area contributed by atoms with Crippen molar-refractivity contribution >= 4 is 45.6 Å². The van der Waals surface area contributed by atoms with Gasteiger partial charge in [0.2, 0.25) is 10.0 Å². The summed E-state index contributed by atoms with van der Waals surface area (Å²) in [5.74, 6) is 1.46. The molecule has 0 aliphatic heterocycles. The molecular formula is C20H29IN4O3S. The standard InChI is InChI=1S/C20H28N4O3S.HI/c1-5-27-19-12-15(2)10-11-17(19)14-23-20(21-3)22-13-16-8-6-7-9-18(16)24-28(4,25)26;/h6-12,24H,5,13-14H2,1-4H3,(H2,21,22,23);1H. The lowest BCUT2D eigenvalue weighted by atomic mass is 10.1. The lowest BCUT2D eigenvalue weighted by Gasteiger charge is -2.16. The monoisotopic (exact) mass is 532 g/mol. The number of para-hydroxylation sites is 1. The number of hydrogen-bond acceptors (Lipinski definition) is 4. The summed E-state index contributed by atoms with van der Waals surface area (Å²) >= 11 is 0. The Morgan fingerprint density at radius 2 is 1.72 bits per heavy atom. The molecule has 0 unspecified atom stereocenters. The van der Waals surface area contributed by atoms with E-state index in [0.29, 0.717) is 31.3 Å². The van der Waals surface area contributed by atoms with E-state index in [0.717, 1.165) is 28.7 Å². The molecule has 2 aromatic rings. The fourth-order valence-corrected chi connectivity index (χ4v) is 3.25. The number of benzene rings is 2. The van der Waals surface area contributed by atoms with Gasteiger partial charge in [0.05, 0.1) is 18.6 Å². The van der Waals surface area contributed by atoms with Gasteiger partial charge < -0.3 is 15.4 Å². The molecule has 160 valence electrons. The van der Waals surface area contributed by atoms with Gasteiger partial charge in [-0.3, -0.25) is 9.71 Å². The number of guanidine groups is 1. The van der Waals surface area contributed by atoms with Crippen molar-refractivity contribution in [1.82, 2.24) is 10.6 Å². The van der Waals surface area contributed by atoms with Gasteiger partial charge in [0, 0.05) is 25.7 Å². The van der Waals surface area contributed by atoms with E-state index in [1.807, 2.05) is 44.2 Å². The maximum absolute atomic E-state index is 11.5. The van der Waals surface area contributed by atoms with E-state index in [1.165, 1.54) is 0 Å². The number of ether oxygens (including phenoxy) is 1. The summed E-state index contributed by atoms with van der Waals surface area (Å²) in [7, 11) is -1.65. The number of nitrogens with one attached hydrogen (secondary N) is 3. The Kier molecular flexibility index (Phi) is 10.2. The average molecular weight is 532 g/mol. The SMILES string of the molecule is CCOc1cc(C)ccc1CNC(=NC)NCc1ccccc1NS(C)(=O)=O.I. The molecule has 0 aromatic heterocycles. The van der Waals surface area contributed by atoms with Crippen LogP contribution in [-0.2, 0) is 23.1 Å². The van der Waals surface area contributed by atoms with Gasteiger partial charge in [-0.05, 0) is 37.1 Å². The van der Waals surface area contributed by atoms with Crippen molar-refractivity contribution in [3.8, 4) is 5.75 Å². The van der Waals surface area contributed by atoms with Crippen molar-refractivity contribution in [1.29, 1.82) is 0 Å². The molecule has 0 aliphatic rings. The molecule has 9 heteroatoms. The van der Waals surface area contributed by atoms with Crippen LogP contribution >= 0.6 is 24.0 Å². The van der Waals surface area contributed by atoms with Crippen LogP contribution in [0.5, 0.6) is 5.75 Å². The lowest BCUT2D eigenvalue weighted by Crippen LogP contribution is -2.36. The number of anilines is 1. The fourth-order valence-electron chi connectivity index (χ4n) is 2.65. The van der Waals surface area contributed by atoms with Crippen LogP contribution in [0.4, 0.5) is 5.69 Å². The molecule has 0 amide bonds. The predicted octanol–water partition coefficient (Wildman–Crippen LogP) is 3.25. The van der Waals surface area contributed by atoms with E-state index in [-0.39, 0.29) is 24.0 Å². The van der Waals surface area contributed by atoms with E-state index in [1.54, 1.807) is 19.2 Å². The largest absolute Gasteiger partial charge is 0.494 e. The van der Waals surface area contributed by atoms with Crippen LogP contribution in [-0.4, -0.2) is 34.3 Å². The Balaban J connectivity index is 0.00000420. The van der Waals surface area contributed by atoms with Crippen LogP contribution in [0, 0.1) is 6.92 Å². The van der Waals surface area contributed by atoms with Crippen LogP contribution < -0.4 is 20.1 Å². The van der Waals surface area contributed by atoms with E-state index in [9.17, 15) is 8.42 Å². The molecule has 0 atom stereocenters. The highest BCUT2D eigenvalue weighted by Crippen LogP contribution is 2.20. The summed E-state index contributed by atoms with van der Waals surface area (Å²) in [6.45, 7) is 5.57. The molecule has 2 aromatic carbocycles.